The average molecular weight is 299 g/mol. The summed E-state index contributed by atoms with van der Waals surface area (Å²) in [5, 5.41) is 11.5. The van der Waals surface area contributed by atoms with Crippen molar-refractivity contribution in [3.63, 3.8) is 0 Å². The van der Waals surface area contributed by atoms with Crippen LogP contribution in [0.15, 0.2) is 36.8 Å². The van der Waals surface area contributed by atoms with Gasteiger partial charge in [-0.1, -0.05) is 6.07 Å². The van der Waals surface area contributed by atoms with Gasteiger partial charge in [0.2, 0.25) is 0 Å². The zero-order chi connectivity index (χ0) is 14.8. The minimum absolute atomic E-state index is 0.151. The van der Waals surface area contributed by atoms with Gasteiger partial charge in [0.15, 0.2) is 0 Å². The molecule has 0 saturated carbocycles. The molecule has 3 aromatic heterocycles. The molecule has 3 rings (SSSR count). The molecule has 106 valence electrons. The van der Waals surface area contributed by atoms with Crippen LogP contribution < -0.4 is 11.1 Å². The number of nitrogens with two attached hydrogens (primary N) is 1. The topological polar surface area (TPSA) is 93.8 Å². The maximum absolute atomic E-state index is 12.4. The first-order valence-electron chi connectivity index (χ1n) is 6.37. The van der Waals surface area contributed by atoms with E-state index in [9.17, 15) is 4.79 Å². The van der Waals surface area contributed by atoms with E-state index in [0.29, 0.717) is 15.4 Å². The summed E-state index contributed by atoms with van der Waals surface area (Å²) in [7, 11) is 0. The molecule has 21 heavy (non-hydrogen) atoms. The summed E-state index contributed by atoms with van der Waals surface area (Å²) in [5.74, 6) is -0.216. The molecule has 6 nitrogen and oxygen atoms in total. The number of thiophene rings is 1. The van der Waals surface area contributed by atoms with Crippen LogP contribution in [0.25, 0.3) is 10.2 Å². The molecule has 1 atom stereocenters. The quantitative estimate of drug-likeness (QED) is 0.773. The van der Waals surface area contributed by atoms with Crippen molar-refractivity contribution in [1.29, 1.82) is 0 Å². The molecule has 0 aliphatic rings. The number of nitrogens with zero attached hydrogens (tertiary/aromatic N) is 3. The third-order valence-electron chi connectivity index (χ3n) is 3.16. The van der Waals surface area contributed by atoms with Crippen LogP contribution in [0.5, 0.6) is 0 Å². The number of carbonyl (C=O) groups excluding carboxylic acids is 1. The van der Waals surface area contributed by atoms with Gasteiger partial charge in [-0.25, -0.2) is 0 Å². The Kier molecular flexibility index (Phi) is 3.49. The van der Waals surface area contributed by atoms with Crippen LogP contribution in [-0.4, -0.2) is 21.1 Å². The van der Waals surface area contributed by atoms with Crippen molar-refractivity contribution in [2.24, 2.45) is 0 Å². The second-order valence-corrected chi connectivity index (χ2v) is 5.58. The summed E-state index contributed by atoms with van der Waals surface area (Å²) in [4.78, 5) is 17.5. The number of pyridine rings is 1. The van der Waals surface area contributed by atoms with Crippen LogP contribution in [-0.2, 0) is 0 Å². The van der Waals surface area contributed by atoms with E-state index in [1.54, 1.807) is 24.7 Å². The predicted molar refractivity (Wildman–Crippen MR) is 81.9 cm³/mol. The minimum Gasteiger partial charge on any atom is -0.397 e. The number of nitrogen functional groups attached to an aromatic ring is 1. The fourth-order valence-corrected chi connectivity index (χ4v) is 2.96. The first-order chi connectivity index (χ1) is 10.2. The molecule has 0 spiro atoms. The van der Waals surface area contributed by atoms with Crippen molar-refractivity contribution in [3.8, 4) is 0 Å². The number of fused-ring (bicyclic) bond motifs is 1. The number of carbonyl (C=O) groups is 1. The minimum atomic E-state index is -0.216. The number of rotatable bonds is 3. The number of aromatic nitrogens is 3. The molecular formula is C14H13N5OS. The maximum Gasteiger partial charge on any atom is 0.264 e. The Labute approximate surface area is 125 Å². The Morgan fingerprint density at radius 3 is 2.95 bits per heavy atom. The number of hydrogen-bond donors (Lipinski definition) is 2. The highest BCUT2D eigenvalue weighted by atomic mass is 32.1. The summed E-state index contributed by atoms with van der Waals surface area (Å²) in [6, 6.07) is 5.36. The highest BCUT2D eigenvalue weighted by Crippen LogP contribution is 2.31. The summed E-state index contributed by atoms with van der Waals surface area (Å²) < 4.78 is 0. The van der Waals surface area contributed by atoms with Crippen molar-refractivity contribution in [3.05, 3.63) is 47.2 Å². The number of amides is 1. The van der Waals surface area contributed by atoms with Crippen molar-refractivity contribution in [1.82, 2.24) is 20.5 Å². The zero-order valence-electron chi connectivity index (χ0n) is 11.3. The van der Waals surface area contributed by atoms with E-state index in [1.807, 2.05) is 19.1 Å². The Hall–Kier alpha value is -2.54. The van der Waals surface area contributed by atoms with Crippen molar-refractivity contribution < 1.29 is 4.79 Å². The monoisotopic (exact) mass is 299 g/mol. The van der Waals surface area contributed by atoms with Gasteiger partial charge in [0.25, 0.3) is 5.91 Å². The Bertz CT molecular complexity index is 786. The van der Waals surface area contributed by atoms with Crippen LogP contribution in [0.3, 0.4) is 0 Å². The lowest BCUT2D eigenvalue weighted by molar-refractivity contribution is 0.0945. The summed E-state index contributed by atoms with van der Waals surface area (Å²) in [6.45, 7) is 1.90. The van der Waals surface area contributed by atoms with Crippen molar-refractivity contribution in [2.45, 2.75) is 13.0 Å². The number of nitrogens with one attached hydrogen (secondary N) is 1. The van der Waals surface area contributed by atoms with Crippen LogP contribution in [0.4, 0.5) is 5.69 Å². The van der Waals surface area contributed by atoms with E-state index in [1.165, 1.54) is 11.3 Å². The molecular weight excluding hydrogens is 286 g/mol. The molecule has 0 aliphatic heterocycles. The van der Waals surface area contributed by atoms with Gasteiger partial charge in [-0.05, 0) is 24.6 Å². The van der Waals surface area contributed by atoms with Gasteiger partial charge in [-0.2, -0.15) is 5.10 Å². The Morgan fingerprint density at radius 1 is 1.38 bits per heavy atom. The van der Waals surface area contributed by atoms with Gasteiger partial charge in [-0.3, -0.25) is 9.78 Å². The highest BCUT2D eigenvalue weighted by molar-refractivity contribution is 7.21. The fourth-order valence-electron chi connectivity index (χ4n) is 2.02. The first kappa shape index (κ1) is 13.4. The molecule has 0 aliphatic carbocycles. The van der Waals surface area contributed by atoms with Crippen LogP contribution >= 0.6 is 11.3 Å². The molecule has 3 heterocycles. The van der Waals surface area contributed by atoms with Crippen molar-refractivity contribution >= 4 is 33.1 Å². The largest absolute Gasteiger partial charge is 0.397 e. The van der Waals surface area contributed by atoms with E-state index in [0.717, 1.165) is 10.9 Å². The molecule has 0 bridgehead atoms. The molecule has 7 heteroatoms. The van der Waals surface area contributed by atoms with Gasteiger partial charge in [0, 0.05) is 17.8 Å². The molecule has 0 fully saturated rings. The van der Waals surface area contributed by atoms with Crippen LogP contribution in [0, 0.1) is 0 Å². The normalized spacial score (nSPS) is 12.2. The molecule has 0 radical (unpaired) electrons. The molecule has 0 aromatic carbocycles. The smallest absolute Gasteiger partial charge is 0.264 e. The van der Waals surface area contributed by atoms with Gasteiger partial charge in [0.05, 0.1) is 17.9 Å². The summed E-state index contributed by atoms with van der Waals surface area (Å²) in [5.41, 5.74) is 7.40. The van der Waals surface area contributed by atoms with Gasteiger partial charge in [0.1, 0.15) is 9.71 Å². The van der Waals surface area contributed by atoms with E-state index < -0.39 is 0 Å². The third-order valence-corrected chi connectivity index (χ3v) is 4.26. The van der Waals surface area contributed by atoms with E-state index in [2.05, 4.69) is 20.5 Å². The van der Waals surface area contributed by atoms with E-state index in [4.69, 9.17) is 5.73 Å². The van der Waals surface area contributed by atoms with Crippen molar-refractivity contribution in [2.75, 3.05) is 5.73 Å². The second-order valence-electron chi connectivity index (χ2n) is 4.58. The van der Waals surface area contributed by atoms with Gasteiger partial charge in [-0.15, -0.1) is 16.4 Å². The zero-order valence-corrected chi connectivity index (χ0v) is 12.1. The fraction of sp³-hybridized carbons (Fsp3) is 0.143. The lowest BCUT2D eigenvalue weighted by Crippen LogP contribution is -2.26. The Balaban J connectivity index is 1.86. The van der Waals surface area contributed by atoms with E-state index >= 15 is 0 Å². The standard InChI is InChI=1S/C14H13N5OS/c1-8(9-3-2-5-16-7-9)18-13(20)12-11(15)10-4-6-17-19-14(10)21-12/h2-8H,15H2,1H3,(H,18,20). The molecule has 3 N–H and O–H groups in total. The summed E-state index contributed by atoms with van der Waals surface area (Å²) in [6.07, 6.45) is 4.98. The first-order valence-corrected chi connectivity index (χ1v) is 7.19. The second kappa shape index (κ2) is 5.45. The molecule has 1 unspecified atom stereocenters. The highest BCUT2D eigenvalue weighted by Gasteiger charge is 2.19. The maximum atomic E-state index is 12.4. The van der Waals surface area contributed by atoms with Crippen LogP contribution in [0.2, 0.25) is 0 Å². The SMILES string of the molecule is CC(NC(=O)c1sc2nnccc2c1N)c1cccnc1. The lowest BCUT2D eigenvalue weighted by atomic mass is 10.1. The third kappa shape index (κ3) is 2.55. The van der Waals surface area contributed by atoms with Crippen LogP contribution in [0.1, 0.15) is 28.2 Å². The van der Waals surface area contributed by atoms with E-state index in [-0.39, 0.29) is 11.9 Å². The molecule has 0 saturated heterocycles. The lowest BCUT2D eigenvalue weighted by Gasteiger charge is -2.13. The Morgan fingerprint density at radius 2 is 2.24 bits per heavy atom. The van der Waals surface area contributed by atoms with Gasteiger partial charge < -0.3 is 11.1 Å². The predicted octanol–water partition coefficient (Wildman–Crippen LogP) is 2.16. The number of hydrogen-bond acceptors (Lipinski definition) is 6. The number of anilines is 1. The summed E-state index contributed by atoms with van der Waals surface area (Å²) >= 11 is 1.24. The van der Waals surface area contributed by atoms with Gasteiger partial charge >= 0.3 is 0 Å². The average Bonchev–Trinajstić information content (AvgIpc) is 2.86. The molecule has 3 aromatic rings. The molecule has 1 amide bonds.